The van der Waals surface area contributed by atoms with Crippen LogP contribution in [0.15, 0.2) is 53.3 Å². The van der Waals surface area contributed by atoms with Crippen LogP contribution in [0, 0.1) is 0 Å². The average Bonchev–Trinajstić information content (AvgIpc) is 3.21. The Morgan fingerprint density at radius 3 is 2.43 bits per heavy atom. The van der Waals surface area contributed by atoms with E-state index in [-0.39, 0.29) is 29.9 Å². The molecule has 11 nitrogen and oxygen atoms in total. The molecule has 3 atom stereocenters. The van der Waals surface area contributed by atoms with E-state index in [1.54, 1.807) is 51.1 Å². The highest BCUT2D eigenvalue weighted by Gasteiger charge is 2.54. The largest absolute Gasteiger partial charge is 0.477 e. The number of nitrogens with one attached hydrogen (secondary N) is 2. The Morgan fingerprint density at radius 2 is 1.83 bits per heavy atom. The molecular formula is C27H29F3N4O7S. The molecule has 15 heteroatoms. The molecule has 4 amide bonds. The number of allylic oxidation sites excluding steroid dienone is 1. The van der Waals surface area contributed by atoms with E-state index in [1.807, 2.05) is 0 Å². The van der Waals surface area contributed by atoms with Crippen molar-refractivity contribution in [3.8, 4) is 0 Å². The van der Waals surface area contributed by atoms with Crippen LogP contribution < -0.4 is 10.6 Å². The highest BCUT2D eigenvalue weighted by molar-refractivity contribution is 8.00. The fourth-order valence-electron chi connectivity index (χ4n) is 4.74. The minimum absolute atomic E-state index is 0.00242. The number of carbonyl (C=O) groups excluding carboxylic acids is 4. The van der Waals surface area contributed by atoms with Gasteiger partial charge in [-0.05, 0) is 44.4 Å². The lowest BCUT2D eigenvalue weighted by Gasteiger charge is -2.49. The maximum atomic E-state index is 13.3. The number of amides is 4. The summed E-state index contributed by atoms with van der Waals surface area (Å²) in [6.45, 7) is 3.40. The topological polar surface area (TPSA) is 145 Å². The van der Waals surface area contributed by atoms with E-state index >= 15 is 0 Å². The number of benzene rings is 1. The molecule has 226 valence electrons. The molecule has 2 saturated heterocycles. The molecule has 3 aliphatic rings. The zero-order valence-corrected chi connectivity index (χ0v) is 23.7. The number of alkyl halides is 3. The number of alkyl carbamates (subject to hydrolysis) is 1. The number of ether oxygens (including phenoxy) is 1. The van der Waals surface area contributed by atoms with E-state index in [0.29, 0.717) is 10.5 Å². The molecule has 42 heavy (non-hydrogen) atoms. The van der Waals surface area contributed by atoms with Gasteiger partial charge in [-0.25, -0.2) is 9.59 Å². The number of likely N-dealkylation sites (tertiary alicyclic amines) is 1. The Hall–Kier alpha value is -4.01. The lowest BCUT2D eigenvalue weighted by molar-refractivity contribution is -0.156. The SMILES string of the molecule is CC(C)(C)OC(=O)N[C@@H](C(=O)N[C@@H]1C(=O)N2C(C(=O)O)=C(/C=C3\CCN(CC(F)(F)F)C3=O)CS[C@H]12)c1ccccc1. The summed E-state index contributed by atoms with van der Waals surface area (Å²) in [5.41, 5.74) is -0.703. The summed E-state index contributed by atoms with van der Waals surface area (Å²) in [6, 6.07) is 5.92. The number of fused-ring (bicyclic) bond motifs is 1. The summed E-state index contributed by atoms with van der Waals surface area (Å²) in [4.78, 5) is 65.2. The quantitative estimate of drug-likeness (QED) is 0.316. The number of nitrogens with zero attached hydrogens (tertiary/aromatic N) is 2. The van der Waals surface area contributed by atoms with E-state index in [9.17, 15) is 42.3 Å². The van der Waals surface area contributed by atoms with Crippen molar-refractivity contribution in [2.45, 2.75) is 56.4 Å². The van der Waals surface area contributed by atoms with Crippen molar-refractivity contribution >= 4 is 41.5 Å². The molecular weight excluding hydrogens is 581 g/mol. The molecule has 3 N–H and O–H groups in total. The summed E-state index contributed by atoms with van der Waals surface area (Å²) >= 11 is 1.13. The van der Waals surface area contributed by atoms with Gasteiger partial charge in [0.05, 0.1) is 0 Å². The second-order valence-corrected chi connectivity index (χ2v) is 11.9. The van der Waals surface area contributed by atoms with Gasteiger partial charge in [-0.3, -0.25) is 19.3 Å². The second-order valence-electron chi connectivity index (χ2n) is 10.8. The number of carboxylic acid groups (broad SMARTS) is 1. The molecule has 0 spiro atoms. The smallest absolute Gasteiger partial charge is 0.408 e. The van der Waals surface area contributed by atoms with E-state index in [1.165, 1.54) is 6.08 Å². The Labute approximate surface area is 243 Å². The van der Waals surface area contributed by atoms with Gasteiger partial charge in [0, 0.05) is 17.9 Å². The summed E-state index contributed by atoms with van der Waals surface area (Å²) < 4.78 is 43.6. The third-order valence-electron chi connectivity index (χ3n) is 6.49. The van der Waals surface area contributed by atoms with Crippen LogP contribution in [0.2, 0.25) is 0 Å². The van der Waals surface area contributed by atoms with Crippen molar-refractivity contribution in [3.05, 3.63) is 58.8 Å². The van der Waals surface area contributed by atoms with Gasteiger partial charge in [-0.1, -0.05) is 30.3 Å². The van der Waals surface area contributed by atoms with Gasteiger partial charge >= 0.3 is 18.2 Å². The number of hydrogen-bond donors (Lipinski definition) is 3. The van der Waals surface area contributed by atoms with Crippen LogP contribution in [0.3, 0.4) is 0 Å². The van der Waals surface area contributed by atoms with Gasteiger partial charge in [-0.2, -0.15) is 13.2 Å². The van der Waals surface area contributed by atoms with Crippen LogP contribution in [0.25, 0.3) is 0 Å². The monoisotopic (exact) mass is 610 g/mol. The van der Waals surface area contributed by atoms with Crippen LogP contribution in [0.1, 0.15) is 38.8 Å². The Bertz CT molecular complexity index is 1360. The zero-order chi connectivity index (χ0) is 31.0. The van der Waals surface area contributed by atoms with Crippen molar-refractivity contribution in [1.82, 2.24) is 20.4 Å². The normalized spacial score (nSPS) is 22.5. The molecule has 1 aromatic carbocycles. The first kappa shape index (κ1) is 30.9. The van der Waals surface area contributed by atoms with Gasteiger partial charge in [0.15, 0.2) is 0 Å². The summed E-state index contributed by atoms with van der Waals surface area (Å²) in [5.74, 6) is -3.73. The fourth-order valence-corrected chi connectivity index (χ4v) is 6.05. The minimum atomic E-state index is -4.57. The molecule has 0 aromatic heterocycles. The highest BCUT2D eigenvalue weighted by atomic mass is 32.2. The van der Waals surface area contributed by atoms with Crippen molar-refractivity contribution in [2.24, 2.45) is 0 Å². The van der Waals surface area contributed by atoms with Gasteiger partial charge in [0.2, 0.25) is 11.8 Å². The van der Waals surface area contributed by atoms with Crippen molar-refractivity contribution in [3.63, 3.8) is 0 Å². The molecule has 0 unspecified atom stereocenters. The maximum absolute atomic E-state index is 13.3. The lowest BCUT2D eigenvalue weighted by atomic mass is 10.00. The first-order chi connectivity index (χ1) is 19.6. The Kier molecular flexibility index (Phi) is 8.62. The molecule has 0 bridgehead atoms. The predicted octanol–water partition coefficient (Wildman–Crippen LogP) is 2.71. The van der Waals surface area contributed by atoms with Crippen LogP contribution >= 0.6 is 11.8 Å². The number of halogens is 3. The van der Waals surface area contributed by atoms with Crippen molar-refractivity contribution in [2.75, 3.05) is 18.8 Å². The maximum Gasteiger partial charge on any atom is 0.408 e. The number of hydrogen-bond acceptors (Lipinski definition) is 7. The third kappa shape index (κ3) is 6.89. The van der Waals surface area contributed by atoms with Crippen molar-refractivity contribution < 1.29 is 47.0 Å². The molecule has 0 aliphatic carbocycles. The average molecular weight is 611 g/mol. The Balaban J connectivity index is 1.52. The second kappa shape index (κ2) is 11.7. The van der Waals surface area contributed by atoms with E-state index in [0.717, 1.165) is 16.7 Å². The van der Waals surface area contributed by atoms with Crippen LogP contribution in [-0.4, -0.2) is 86.7 Å². The first-order valence-electron chi connectivity index (χ1n) is 12.9. The van der Waals surface area contributed by atoms with Gasteiger partial charge < -0.3 is 25.4 Å². The van der Waals surface area contributed by atoms with E-state index in [4.69, 9.17) is 4.74 Å². The van der Waals surface area contributed by atoms with Crippen LogP contribution in [-0.2, 0) is 23.9 Å². The number of carbonyl (C=O) groups is 5. The van der Waals surface area contributed by atoms with Crippen LogP contribution in [0.4, 0.5) is 18.0 Å². The highest BCUT2D eigenvalue weighted by Crippen LogP contribution is 2.41. The number of aliphatic carboxylic acids is 1. The van der Waals surface area contributed by atoms with Crippen LogP contribution in [0.5, 0.6) is 0 Å². The van der Waals surface area contributed by atoms with Gasteiger partial charge in [0.25, 0.3) is 5.91 Å². The molecule has 0 radical (unpaired) electrons. The predicted molar refractivity (Wildman–Crippen MR) is 144 cm³/mol. The van der Waals surface area contributed by atoms with E-state index < -0.39 is 71.3 Å². The summed E-state index contributed by atoms with van der Waals surface area (Å²) in [6.07, 6.45) is -4.20. The number of thioether (sulfide) groups is 1. The third-order valence-corrected chi connectivity index (χ3v) is 7.79. The molecule has 3 aliphatic heterocycles. The summed E-state index contributed by atoms with van der Waals surface area (Å²) in [5, 5.41) is 14.2. The fraction of sp³-hybridized carbons (Fsp3) is 0.444. The molecule has 1 aromatic rings. The Morgan fingerprint density at radius 1 is 1.17 bits per heavy atom. The van der Waals surface area contributed by atoms with Crippen molar-refractivity contribution in [1.29, 1.82) is 0 Å². The number of carboxylic acids is 1. The number of rotatable bonds is 7. The minimum Gasteiger partial charge on any atom is -0.477 e. The van der Waals surface area contributed by atoms with Gasteiger partial charge in [-0.15, -0.1) is 11.8 Å². The summed E-state index contributed by atoms with van der Waals surface area (Å²) in [7, 11) is 0. The molecule has 2 fully saturated rings. The zero-order valence-electron chi connectivity index (χ0n) is 22.9. The molecule has 4 rings (SSSR count). The standard InChI is InChI=1S/C27H29F3N4O7S/c1-26(2,3)41-25(40)32-17(14-7-5-4-6-8-14)20(35)31-18-22(37)34-19(24(38)39)16(12-42-23(18)34)11-15-9-10-33(21(15)36)13-27(28,29)30/h4-8,11,17-18,23H,9-10,12-13H2,1-3H3,(H,31,35)(H,32,40)(H,38,39)/b15-11+/t17-,18-,23-/m1/s1. The number of β-lactam (4-membered cyclic amide) rings is 1. The molecule has 0 saturated carbocycles. The van der Waals surface area contributed by atoms with Gasteiger partial charge in [0.1, 0.15) is 35.3 Å². The van der Waals surface area contributed by atoms with E-state index in [2.05, 4.69) is 10.6 Å². The lowest BCUT2D eigenvalue weighted by Crippen LogP contribution is -2.71. The first-order valence-corrected chi connectivity index (χ1v) is 13.9. The molecule has 3 heterocycles.